The zero-order chi connectivity index (χ0) is 10.6. The van der Waals surface area contributed by atoms with Gasteiger partial charge in [-0.15, -0.1) is 12.1 Å². The monoisotopic (exact) mass is 212 g/mol. The van der Waals surface area contributed by atoms with Gasteiger partial charge in [0.25, 0.3) is 0 Å². The minimum atomic E-state index is -1.46. The first kappa shape index (κ1) is 14.6. The Morgan fingerprint density at radius 3 is 2.13 bits per heavy atom. The van der Waals surface area contributed by atoms with Gasteiger partial charge in [0.15, 0.2) is 0 Å². The second-order valence-electron chi connectivity index (χ2n) is 4.39. The first-order chi connectivity index (χ1) is 6.47. The topological polar surface area (TPSA) is 9.23 Å². The molecular weight excluding hydrogens is 195 g/mol. The first-order valence-corrected chi connectivity index (χ1v) is 8.22. The molecule has 1 nitrogen and oxygen atoms in total. The molecule has 0 unspecified atom stereocenters. The molecule has 0 saturated heterocycles. The SMILES string of the molecule is Cc1ccc(C=[C-]O[Si](C)(C)C)cc1.[Li+]. The van der Waals surface area contributed by atoms with E-state index in [0.717, 1.165) is 5.56 Å². The van der Waals surface area contributed by atoms with Crippen LogP contribution < -0.4 is 18.9 Å². The van der Waals surface area contributed by atoms with Gasteiger partial charge in [-0.2, -0.15) is 11.6 Å². The number of rotatable bonds is 3. The van der Waals surface area contributed by atoms with Gasteiger partial charge in [-0.3, -0.25) is 0 Å². The smallest absolute Gasteiger partial charge is 0.644 e. The molecular formula is C12H17LiOSi. The van der Waals surface area contributed by atoms with E-state index in [0.29, 0.717) is 0 Å². The fraction of sp³-hybridized carbons (Fsp3) is 0.333. The van der Waals surface area contributed by atoms with Crippen molar-refractivity contribution < 1.29 is 23.3 Å². The minimum absolute atomic E-state index is 0. The van der Waals surface area contributed by atoms with Crippen LogP contribution >= 0.6 is 0 Å². The Hall–Kier alpha value is -0.426. The second kappa shape index (κ2) is 6.22. The average molecular weight is 212 g/mol. The van der Waals surface area contributed by atoms with E-state index >= 15 is 0 Å². The molecule has 0 amide bonds. The Morgan fingerprint density at radius 1 is 1.13 bits per heavy atom. The molecule has 0 heterocycles. The summed E-state index contributed by atoms with van der Waals surface area (Å²) < 4.78 is 5.50. The van der Waals surface area contributed by atoms with Gasteiger partial charge in [0, 0.05) is 0 Å². The van der Waals surface area contributed by atoms with E-state index < -0.39 is 8.32 Å². The summed E-state index contributed by atoms with van der Waals surface area (Å²) in [6.45, 7) is 8.50. The summed E-state index contributed by atoms with van der Waals surface area (Å²) in [5.74, 6) is 0. The molecule has 0 fully saturated rings. The fourth-order valence-electron chi connectivity index (χ4n) is 0.937. The summed E-state index contributed by atoms with van der Waals surface area (Å²) in [6, 6.07) is 8.30. The van der Waals surface area contributed by atoms with Crippen molar-refractivity contribution in [2.75, 3.05) is 0 Å². The van der Waals surface area contributed by atoms with E-state index in [1.165, 1.54) is 5.56 Å². The van der Waals surface area contributed by atoms with E-state index in [4.69, 9.17) is 4.43 Å². The maximum Gasteiger partial charge on any atom is 1.00 e. The van der Waals surface area contributed by atoms with Gasteiger partial charge >= 0.3 is 18.9 Å². The van der Waals surface area contributed by atoms with Crippen molar-refractivity contribution in [3.05, 3.63) is 41.7 Å². The molecule has 15 heavy (non-hydrogen) atoms. The van der Waals surface area contributed by atoms with E-state index in [2.05, 4.69) is 57.1 Å². The second-order valence-corrected chi connectivity index (χ2v) is 8.82. The summed E-state index contributed by atoms with van der Waals surface area (Å²) in [7, 11) is -1.46. The molecule has 0 N–H and O–H groups in total. The molecule has 1 aromatic carbocycles. The molecule has 3 heteroatoms. The quantitative estimate of drug-likeness (QED) is 0.405. The van der Waals surface area contributed by atoms with Crippen LogP contribution in [-0.2, 0) is 4.43 Å². The van der Waals surface area contributed by atoms with E-state index in [-0.39, 0.29) is 18.9 Å². The van der Waals surface area contributed by atoms with Gasteiger partial charge < -0.3 is 4.43 Å². The predicted molar refractivity (Wildman–Crippen MR) is 63.3 cm³/mol. The van der Waals surface area contributed by atoms with Gasteiger partial charge in [0.2, 0.25) is 8.32 Å². The van der Waals surface area contributed by atoms with Crippen molar-refractivity contribution in [1.29, 1.82) is 0 Å². The zero-order valence-corrected chi connectivity index (χ0v) is 11.3. The standard InChI is InChI=1S/C12H17OSi.Li/c1-11-5-7-12(8-6-11)9-10-13-14(2,3)4;/h5-9H,1-4H3;/q-1;+1. The molecule has 0 aliphatic carbocycles. The van der Waals surface area contributed by atoms with Crippen LogP contribution in [0.25, 0.3) is 6.08 Å². The van der Waals surface area contributed by atoms with E-state index in [9.17, 15) is 0 Å². The van der Waals surface area contributed by atoms with Crippen molar-refractivity contribution in [2.45, 2.75) is 26.6 Å². The van der Waals surface area contributed by atoms with Gasteiger partial charge in [0.05, 0.1) is 0 Å². The average Bonchev–Trinajstić information content (AvgIpc) is 2.06. The van der Waals surface area contributed by atoms with Gasteiger partial charge in [0.1, 0.15) is 0 Å². The summed E-state index contributed by atoms with van der Waals surface area (Å²) in [5, 5.41) is 0. The molecule has 76 valence electrons. The number of aryl methyl sites for hydroxylation is 1. The Kier molecular flexibility index (Phi) is 6.04. The van der Waals surface area contributed by atoms with Gasteiger partial charge in [-0.25, -0.2) is 0 Å². The zero-order valence-electron chi connectivity index (χ0n) is 10.3. The van der Waals surface area contributed by atoms with Crippen LogP contribution in [0.1, 0.15) is 11.1 Å². The van der Waals surface area contributed by atoms with Gasteiger partial charge in [-0.05, 0) is 26.6 Å². The van der Waals surface area contributed by atoms with Crippen molar-refractivity contribution >= 4 is 14.4 Å². The van der Waals surface area contributed by atoms with Crippen molar-refractivity contribution in [2.24, 2.45) is 0 Å². The number of benzene rings is 1. The van der Waals surface area contributed by atoms with Crippen LogP contribution in [0, 0.1) is 13.2 Å². The van der Waals surface area contributed by atoms with Crippen LogP contribution in [0.15, 0.2) is 24.3 Å². The third kappa shape index (κ3) is 6.62. The van der Waals surface area contributed by atoms with Crippen LogP contribution in [-0.4, -0.2) is 8.32 Å². The van der Waals surface area contributed by atoms with Crippen LogP contribution in [0.4, 0.5) is 0 Å². The Labute approximate surface area is 106 Å². The maximum atomic E-state index is 5.50. The third-order valence-electron chi connectivity index (χ3n) is 1.67. The van der Waals surface area contributed by atoms with Crippen molar-refractivity contribution in [1.82, 2.24) is 0 Å². The van der Waals surface area contributed by atoms with Crippen molar-refractivity contribution in [3.8, 4) is 0 Å². The first-order valence-electron chi connectivity index (χ1n) is 4.81. The van der Waals surface area contributed by atoms with Crippen LogP contribution in [0.2, 0.25) is 19.6 Å². The molecule has 1 aromatic rings. The Balaban J connectivity index is 0.00000196. The predicted octanol–water partition coefficient (Wildman–Crippen LogP) is 0.624. The van der Waals surface area contributed by atoms with Crippen LogP contribution in [0.5, 0.6) is 0 Å². The fourth-order valence-corrected chi connectivity index (χ4v) is 1.35. The number of hydrogen-bond acceptors (Lipinski definition) is 1. The number of hydrogen-bond donors (Lipinski definition) is 0. The normalized spacial score (nSPS) is 11.2. The molecule has 0 bridgehead atoms. The third-order valence-corrected chi connectivity index (χ3v) is 2.40. The van der Waals surface area contributed by atoms with Crippen molar-refractivity contribution in [3.63, 3.8) is 0 Å². The molecule has 0 saturated carbocycles. The summed E-state index contributed by atoms with van der Waals surface area (Å²) in [4.78, 5) is 0. The molecule has 1 rings (SSSR count). The van der Waals surface area contributed by atoms with E-state index in [1.54, 1.807) is 0 Å². The van der Waals surface area contributed by atoms with Gasteiger partial charge in [-0.1, -0.05) is 24.0 Å². The van der Waals surface area contributed by atoms with E-state index in [1.807, 2.05) is 6.08 Å². The maximum absolute atomic E-state index is 5.50. The molecule has 0 aliphatic heterocycles. The summed E-state index contributed by atoms with van der Waals surface area (Å²) in [6.07, 6.45) is 4.78. The minimum Gasteiger partial charge on any atom is -0.644 e. The van der Waals surface area contributed by atoms with Crippen LogP contribution in [0.3, 0.4) is 0 Å². The molecule has 0 spiro atoms. The molecule has 0 atom stereocenters. The summed E-state index contributed by atoms with van der Waals surface area (Å²) in [5.41, 5.74) is 2.40. The Morgan fingerprint density at radius 2 is 1.67 bits per heavy atom. The molecule has 0 aliphatic rings. The molecule has 0 aromatic heterocycles. The summed E-state index contributed by atoms with van der Waals surface area (Å²) >= 11 is 0. The Bertz CT molecular complexity index is 311. The molecule has 0 radical (unpaired) electrons. The largest absolute Gasteiger partial charge is 1.00 e.